The first-order valence-electron chi connectivity index (χ1n) is 7.88. The summed E-state index contributed by atoms with van der Waals surface area (Å²) in [6.45, 7) is 0. The number of carbonyl (C=O) groups is 1. The van der Waals surface area contributed by atoms with E-state index in [4.69, 9.17) is 4.74 Å². The van der Waals surface area contributed by atoms with E-state index in [1.807, 2.05) is 66.7 Å². The fraction of sp³-hybridized carbons (Fsp3) is 0.0476. The third-order valence-corrected chi connectivity index (χ3v) is 3.77. The van der Waals surface area contributed by atoms with Crippen molar-refractivity contribution in [2.45, 2.75) is 6.10 Å². The van der Waals surface area contributed by atoms with Gasteiger partial charge in [-0.15, -0.1) is 0 Å². The molecular weight excluding hydrogens is 312 g/mol. The van der Waals surface area contributed by atoms with E-state index in [-0.39, 0.29) is 5.71 Å². The van der Waals surface area contributed by atoms with Gasteiger partial charge in [-0.2, -0.15) is 4.79 Å². The summed E-state index contributed by atoms with van der Waals surface area (Å²) < 4.78 is 5.70. The topological polar surface area (TPSA) is 62.7 Å². The highest BCUT2D eigenvalue weighted by Gasteiger charge is 2.29. The van der Waals surface area contributed by atoms with Crippen LogP contribution in [-0.2, 0) is 9.53 Å². The molecule has 0 saturated carbocycles. The molecule has 0 aliphatic heterocycles. The summed E-state index contributed by atoms with van der Waals surface area (Å²) in [5.41, 5.74) is 11.3. The van der Waals surface area contributed by atoms with Crippen LogP contribution in [0, 0.1) is 0 Å². The first-order valence-corrected chi connectivity index (χ1v) is 7.88. The minimum Gasteiger partial charge on any atom is -0.444 e. The van der Waals surface area contributed by atoms with Crippen molar-refractivity contribution in [1.82, 2.24) is 0 Å². The van der Waals surface area contributed by atoms with Gasteiger partial charge in [-0.3, -0.25) is 0 Å². The molecule has 3 rings (SSSR count). The SMILES string of the molecule is [N-]=[N+]=C(C(=O)OC(c1ccccc1)c1ccccc1)c1ccccc1. The lowest BCUT2D eigenvalue weighted by Gasteiger charge is -2.17. The average Bonchev–Trinajstić information content (AvgIpc) is 2.69. The molecular formula is C21H16N2O2. The molecule has 0 atom stereocenters. The minimum absolute atomic E-state index is 0.127. The number of benzene rings is 3. The molecule has 3 aromatic rings. The summed E-state index contributed by atoms with van der Waals surface area (Å²) >= 11 is 0. The molecule has 0 aliphatic carbocycles. The second-order valence-corrected chi connectivity index (χ2v) is 5.42. The van der Waals surface area contributed by atoms with Gasteiger partial charge in [0.05, 0.1) is 5.56 Å². The van der Waals surface area contributed by atoms with Gasteiger partial charge in [0, 0.05) is 0 Å². The number of rotatable bonds is 5. The van der Waals surface area contributed by atoms with Gasteiger partial charge >= 0.3 is 11.7 Å². The number of nitrogens with zero attached hydrogens (tertiary/aromatic N) is 2. The van der Waals surface area contributed by atoms with E-state index in [1.165, 1.54) is 0 Å². The van der Waals surface area contributed by atoms with E-state index in [2.05, 4.69) is 4.79 Å². The lowest BCUT2D eigenvalue weighted by atomic mass is 10.0. The van der Waals surface area contributed by atoms with Gasteiger partial charge < -0.3 is 10.3 Å². The molecule has 0 radical (unpaired) electrons. The number of ether oxygens (including phenoxy) is 1. The molecule has 0 N–H and O–H groups in total. The highest BCUT2D eigenvalue weighted by atomic mass is 16.5. The fourth-order valence-electron chi connectivity index (χ4n) is 2.56. The van der Waals surface area contributed by atoms with E-state index in [0.29, 0.717) is 5.56 Å². The standard InChI is InChI=1S/C21H16N2O2/c22-23-19(16-10-4-1-5-11-16)21(24)25-20(17-12-6-2-7-13-17)18-14-8-3-9-15-18/h1-15,20H. The normalized spacial score (nSPS) is 10.1. The molecule has 0 amide bonds. The first kappa shape index (κ1) is 16.4. The Balaban J connectivity index is 1.93. The molecule has 0 aliphatic rings. The van der Waals surface area contributed by atoms with Crippen LogP contribution in [0.15, 0.2) is 91.0 Å². The molecule has 4 nitrogen and oxygen atoms in total. The van der Waals surface area contributed by atoms with E-state index in [0.717, 1.165) is 11.1 Å². The predicted molar refractivity (Wildman–Crippen MR) is 95.0 cm³/mol. The van der Waals surface area contributed by atoms with Gasteiger partial charge in [-0.25, -0.2) is 4.79 Å². The zero-order valence-electron chi connectivity index (χ0n) is 13.4. The van der Waals surface area contributed by atoms with Crippen molar-refractivity contribution in [2.75, 3.05) is 0 Å². The largest absolute Gasteiger partial charge is 0.444 e. The predicted octanol–water partition coefficient (Wildman–Crippen LogP) is 4.04. The van der Waals surface area contributed by atoms with Gasteiger partial charge in [0.1, 0.15) is 0 Å². The maximum Gasteiger partial charge on any atom is 0.423 e. The molecule has 25 heavy (non-hydrogen) atoms. The van der Waals surface area contributed by atoms with Crippen molar-refractivity contribution >= 4 is 11.7 Å². The van der Waals surface area contributed by atoms with Crippen molar-refractivity contribution in [3.05, 3.63) is 113 Å². The second kappa shape index (κ2) is 7.86. The summed E-state index contributed by atoms with van der Waals surface area (Å²) in [5.74, 6) is -0.689. The van der Waals surface area contributed by atoms with Gasteiger partial charge in [0.15, 0.2) is 6.10 Å². The Morgan fingerprint density at radius 1 is 0.760 bits per heavy atom. The van der Waals surface area contributed by atoms with Crippen LogP contribution in [0.3, 0.4) is 0 Å². The van der Waals surface area contributed by atoms with Gasteiger partial charge in [-0.05, 0) is 23.3 Å². The molecule has 4 heteroatoms. The lowest BCUT2D eigenvalue weighted by molar-refractivity contribution is -0.143. The summed E-state index contributed by atoms with van der Waals surface area (Å²) in [6, 6.07) is 27.6. The van der Waals surface area contributed by atoms with E-state index in [9.17, 15) is 10.3 Å². The molecule has 0 heterocycles. The second-order valence-electron chi connectivity index (χ2n) is 5.42. The van der Waals surface area contributed by atoms with Crippen molar-refractivity contribution in [1.29, 1.82) is 0 Å². The zero-order chi connectivity index (χ0) is 17.5. The Labute approximate surface area is 145 Å². The zero-order valence-corrected chi connectivity index (χ0v) is 13.4. The van der Waals surface area contributed by atoms with Crippen molar-refractivity contribution in [3.8, 4) is 0 Å². The van der Waals surface area contributed by atoms with Crippen molar-refractivity contribution < 1.29 is 14.3 Å². The van der Waals surface area contributed by atoms with E-state index in [1.54, 1.807) is 24.3 Å². The van der Waals surface area contributed by atoms with Crippen LogP contribution in [-0.4, -0.2) is 16.5 Å². The van der Waals surface area contributed by atoms with Gasteiger partial charge in [0.2, 0.25) is 0 Å². The van der Waals surface area contributed by atoms with E-state index >= 15 is 0 Å². The lowest BCUT2D eigenvalue weighted by Crippen LogP contribution is -2.22. The van der Waals surface area contributed by atoms with Crippen LogP contribution in [0.4, 0.5) is 0 Å². The van der Waals surface area contributed by atoms with Crippen LogP contribution in [0.1, 0.15) is 22.8 Å². The molecule has 0 fully saturated rings. The third-order valence-electron chi connectivity index (χ3n) is 3.77. The van der Waals surface area contributed by atoms with Gasteiger partial charge in [0.25, 0.3) is 0 Å². The third kappa shape index (κ3) is 3.89. The Bertz CT molecular complexity index is 847. The quantitative estimate of drug-likeness (QED) is 0.307. The number of hydrogen-bond acceptors (Lipinski definition) is 2. The van der Waals surface area contributed by atoms with Crippen LogP contribution in [0.5, 0.6) is 0 Å². The number of hydrogen-bond donors (Lipinski definition) is 0. The highest BCUT2D eigenvalue weighted by Crippen LogP contribution is 2.26. The summed E-state index contributed by atoms with van der Waals surface area (Å²) in [5, 5.41) is 0. The monoisotopic (exact) mass is 328 g/mol. The molecule has 0 bridgehead atoms. The summed E-state index contributed by atoms with van der Waals surface area (Å²) in [7, 11) is 0. The smallest absolute Gasteiger partial charge is 0.423 e. The van der Waals surface area contributed by atoms with Crippen molar-refractivity contribution in [3.63, 3.8) is 0 Å². The Morgan fingerprint density at radius 2 is 1.20 bits per heavy atom. The molecule has 3 aromatic carbocycles. The average molecular weight is 328 g/mol. The van der Waals surface area contributed by atoms with Gasteiger partial charge in [-0.1, -0.05) is 78.9 Å². The Hall–Kier alpha value is -3.49. The number of esters is 1. The molecule has 0 unspecified atom stereocenters. The maximum atomic E-state index is 12.6. The van der Waals surface area contributed by atoms with Crippen LogP contribution in [0.2, 0.25) is 0 Å². The summed E-state index contributed by atoms with van der Waals surface area (Å²) in [4.78, 5) is 15.8. The number of carbonyl (C=O) groups excluding carboxylic acids is 1. The van der Waals surface area contributed by atoms with Crippen molar-refractivity contribution in [2.24, 2.45) is 0 Å². The Kier molecular flexibility index (Phi) is 5.15. The first-order chi connectivity index (χ1) is 12.3. The fourth-order valence-corrected chi connectivity index (χ4v) is 2.56. The maximum absolute atomic E-state index is 12.6. The summed E-state index contributed by atoms with van der Waals surface area (Å²) in [6.07, 6.45) is -0.588. The highest BCUT2D eigenvalue weighted by molar-refractivity contribution is 6.40. The van der Waals surface area contributed by atoms with E-state index < -0.39 is 12.1 Å². The van der Waals surface area contributed by atoms with Crippen LogP contribution >= 0.6 is 0 Å². The molecule has 0 saturated heterocycles. The molecule has 0 spiro atoms. The molecule has 122 valence electrons. The Morgan fingerprint density at radius 3 is 1.64 bits per heavy atom. The van der Waals surface area contributed by atoms with Crippen LogP contribution < -0.4 is 0 Å². The van der Waals surface area contributed by atoms with Crippen LogP contribution in [0.25, 0.3) is 5.53 Å². The molecule has 0 aromatic heterocycles. The minimum atomic E-state index is -0.689.